The Balaban J connectivity index is 1.34. The molecule has 0 radical (unpaired) electrons. The van der Waals surface area contributed by atoms with E-state index < -0.39 is 0 Å². The quantitative estimate of drug-likeness (QED) is 0.689. The Kier molecular flexibility index (Phi) is 5.34. The van der Waals surface area contributed by atoms with Crippen LogP contribution in [0.3, 0.4) is 0 Å². The maximum Gasteiger partial charge on any atom is 0.245 e. The Bertz CT molecular complexity index is 955. The average Bonchev–Trinajstić information content (AvgIpc) is 3.27. The van der Waals surface area contributed by atoms with Crippen molar-refractivity contribution in [1.29, 1.82) is 0 Å². The standard InChI is InChI=1S/C21H21FN4OS/c1-14-2-4-16(5-3-14)13-26-11-10-18(20(26)27)23-21-25-24-19(28-21)12-15-6-8-17(22)9-7-15/h2-9,18H,10-13H2,1H3,(H,23,25). The number of halogens is 1. The van der Waals surface area contributed by atoms with E-state index in [1.165, 1.54) is 29.0 Å². The molecule has 0 saturated carbocycles. The number of hydrogen-bond donors (Lipinski definition) is 1. The third-order valence-electron chi connectivity index (χ3n) is 4.82. The molecule has 1 saturated heterocycles. The van der Waals surface area contributed by atoms with Gasteiger partial charge in [-0.3, -0.25) is 4.79 Å². The number of hydrogen-bond acceptors (Lipinski definition) is 5. The molecule has 1 amide bonds. The zero-order valence-corrected chi connectivity index (χ0v) is 16.4. The van der Waals surface area contributed by atoms with Gasteiger partial charge >= 0.3 is 0 Å². The van der Waals surface area contributed by atoms with Crippen LogP contribution in [0.15, 0.2) is 48.5 Å². The van der Waals surface area contributed by atoms with E-state index in [0.717, 1.165) is 29.1 Å². The van der Waals surface area contributed by atoms with Crippen molar-refractivity contribution in [2.75, 3.05) is 11.9 Å². The molecule has 0 spiro atoms. The van der Waals surface area contributed by atoms with Crippen LogP contribution in [0.4, 0.5) is 9.52 Å². The molecule has 0 aliphatic carbocycles. The number of likely N-dealkylation sites (tertiary alicyclic amines) is 1. The summed E-state index contributed by atoms with van der Waals surface area (Å²) in [5, 5.41) is 13.0. The Morgan fingerprint density at radius 1 is 1.11 bits per heavy atom. The van der Waals surface area contributed by atoms with Gasteiger partial charge in [-0.2, -0.15) is 0 Å². The molecular formula is C21H21FN4OS. The highest BCUT2D eigenvalue weighted by Gasteiger charge is 2.32. The molecule has 28 heavy (non-hydrogen) atoms. The molecule has 3 aromatic rings. The fourth-order valence-corrected chi connectivity index (χ4v) is 4.08. The molecule has 4 rings (SSSR count). The summed E-state index contributed by atoms with van der Waals surface area (Å²) >= 11 is 1.43. The van der Waals surface area contributed by atoms with E-state index in [4.69, 9.17) is 0 Å². The molecule has 1 atom stereocenters. The van der Waals surface area contributed by atoms with Gasteiger partial charge in [0.1, 0.15) is 16.9 Å². The van der Waals surface area contributed by atoms with Crippen molar-refractivity contribution in [1.82, 2.24) is 15.1 Å². The molecule has 2 heterocycles. The van der Waals surface area contributed by atoms with E-state index in [1.54, 1.807) is 12.1 Å². The highest BCUT2D eigenvalue weighted by molar-refractivity contribution is 7.15. The lowest BCUT2D eigenvalue weighted by molar-refractivity contribution is -0.128. The number of aromatic nitrogens is 2. The second-order valence-electron chi connectivity index (χ2n) is 7.04. The monoisotopic (exact) mass is 396 g/mol. The molecule has 1 N–H and O–H groups in total. The Morgan fingerprint density at radius 2 is 1.82 bits per heavy atom. The third kappa shape index (κ3) is 4.36. The molecule has 1 aliphatic rings. The minimum atomic E-state index is -0.267. The molecule has 1 fully saturated rings. The lowest BCUT2D eigenvalue weighted by Gasteiger charge is -2.17. The molecule has 144 valence electrons. The van der Waals surface area contributed by atoms with Crippen LogP contribution >= 0.6 is 11.3 Å². The Hall–Kier alpha value is -2.80. The number of nitrogens with one attached hydrogen (secondary N) is 1. The second-order valence-corrected chi connectivity index (χ2v) is 8.10. The fourth-order valence-electron chi connectivity index (χ4n) is 3.25. The van der Waals surface area contributed by atoms with E-state index >= 15 is 0 Å². The van der Waals surface area contributed by atoms with Gasteiger partial charge < -0.3 is 10.2 Å². The van der Waals surface area contributed by atoms with Crippen molar-refractivity contribution in [3.05, 3.63) is 76.0 Å². The van der Waals surface area contributed by atoms with Crippen molar-refractivity contribution >= 4 is 22.4 Å². The van der Waals surface area contributed by atoms with Crippen LogP contribution in [0.25, 0.3) is 0 Å². The van der Waals surface area contributed by atoms with E-state index in [0.29, 0.717) is 18.1 Å². The summed E-state index contributed by atoms with van der Waals surface area (Å²) in [5.41, 5.74) is 3.33. The maximum atomic E-state index is 13.0. The molecule has 1 aliphatic heterocycles. The summed E-state index contributed by atoms with van der Waals surface area (Å²) in [4.78, 5) is 14.6. The molecule has 5 nitrogen and oxygen atoms in total. The molecule has 0 bridgehead atoms. The first kappa shape index (κ1) is 18.6. The topological polar surface area (TPSA) is 58.1 Å². The first-order chi connectivity index (χ1) is 13.6. The van der Waals surface area contributed by atoms with E-state index in [-0.39, 0.29) is 17.8 Å². The number of benzene rings is 2. The highest BCUT2D eigenvalue weighted by atomic mass is 32.1. The van der Waals surface area contributed by atoms with Gasteiger partial charge in [-0.05, 0) is 36.6 Å². The first-order valence-corrected chi connectivity index (χ1v) is 10.1. The van der Waals surface area contributed by atoms with Gasteiger partial charge in [0.15, 0.2) is 0 Å². The zero-order chi connectivity index (χ0) is 19.5. The van der Waals surface area contributed by atoms with Crippen molar-refractivity contribution in [2.24, 2.45) is 0 Å². The average molecular weight is 396 g/mol. The summed E-state index contributed by atoms with van der Waals surface area (Å²) in [6, 6.07) is 14.4. The van der Waals surface area contributed by atoms with E-state index in [2.05, 4.69) is 46.7 Å². The number of aryl methyl sites for hydroxylation is 1. The van der Waals surface area contributed by atoms with Crippen LogP contribution in [0, 0.1) is 12.7 Å². The minimum Gasteiger partial charge on any atom is -0.348 e. The van der Waals surface area contributed by atoms with Gasteiger partial charge in [0.2, 0.25) is 11.0 Å². The molecule has 2 aromatic carbocycles. The van der Waals surface area contributed by atoms with Crippen LogP contribution in [0.5, 0.6) is 0 Å². The van der Waals surface area contributed by atoms with Crippen LogP contribution in [0.2, 0.25) is 0 Å². The van der Waals surface area contributed by atoms with Gasteiger partial charge in [0, 0.05) is 19.5 Å². The maximum absolute atomic E-state index is 13.0. The lowest BCUT2D eigenvalue weighted by Crippen LogP contribution is -2.33. The Morgan fingerprint density at radius 3 is 2.57 bits per heavy atom. The summed E-state index contributed by atoms with van der Waals surface area (Å²) in [6.07, 6.45) is 1.34. The van der Waals surface area contributed by atoms with Crippen molar-refractivity contribution in [3.8, 4) is 0 Å². The number of carbonyl (C=O) groups is 1. The van der Waals surface area contributed by atoms with Gasteiger partial charge in [-0.15, -0.1) is 10.2 Å². The first-order valence-electron chi connectivity index (χ1n) is 9.24. The summed E-state index contributed by atoms with van der Waals surface area (Å²) < 4.78 is 13.0. The number of rotatable bonds is 6. The molecule has 1 aromatic heterocycles. The van der Waals surface area contributed by atoms with Gasteiger partial charge in [0.25, 0.3) is 0 Å². The fraction of sp³-hybridized carbons (Fsp3) is 0.286. The van der Waals surface area contributed by atoms with Gasteiger partial charge in [-0.1, -0.05) is 53.3 Å². The van der Waals surface area contributed by atoms with Crippen molar-refractivity contribution in [2.45, 2.75) is 32.4 Å². The van der Waals surface area contributed by atoms with Gasteiger partial charge in [-0.25, -0.2) is 4.39 Å². The summed E-state index contributed by atoms with van der Waals surface area (Å²) in [6.45, 7) is 3.41. The van der Waals surface area contributed by atoms with Crippen LogP contribution in [-0.2, 0) is 17.8 Å². The SMILES string of the molecule is Cc1ccc(CN2CCC(Nc3nnc(Cc4ccc(F)cc4)s3)C2=O)cc1. The normalized spacial score (nSPS) is 16.6. The van der Waals surface area contributed by atoms with Crippen LogP contribution < -0.4 is 5.32 Å². The van der Waals surface area contributed by atoms with Crippen LogP contribution in [0.1, 0.15) is 28.1 Å². The van der Waals surface area contributed by atoms with Crippen molar-refractivity contribution in [3.63, 3.8) is 0 Å². The number of carbonyl (C=O) groups excluding carboxylic acids is 1. The number of anilines is 1. The number of amides is 1. The van der Waals surface area contributed by atoms with Gasteiger partial charge in [0.05, 0.1) is 0 Å². The van der Waals surface area contributed by atoms with E-state index in [1.807, 2.05) is 4.90 Å². The minimum absolute atomic E-state index is 0.0934. The molecule has 7 heteroatoms. The van der Waals surface area contributed by atoms with Crippen molar-refractivity contribution < 1.29 is 9.18 Å². The molecular weight excluding hydrogens is 375 g/mol. The zero-order valence-electron chi connectivity index (χ0n) is 15.6. The predicted molar refractivity (Wildman–Crippen MR) is 108 cm³/mol. The molecule has 1 unspecified atom stereocenters. The highest BCUT2D eigenvalue weighted by Crippen LogP contribution is 2.23. The third-order valence-corrected chi connectivity index (χ3v) is 5.68. The largest absolute Gasteiger partial charge is 0.348 e. The second kappa shape index (κ2) is 8.06. The lowest BCUT2D eigenvalue weighted by atomic mass is 10.1. The smallest absolute Gasteiger partial charge is 0.245 e. The Labute approximate surface area is 167 Å². The van der Waals surface area contributed by atoms with E-state index in [9.17, 15) is 9.18 Å². The van der Waals surface area contributed by atoms with Crippen LogP contribution in [-0.4, -0.2) is 33.6 Å². The number of nitrogens with zero attached hydrogens (tertiary/aromatic N) is 3. The summed E-state index contributed by atoms with van der Waals surface area (Å²) in [7, 11) is 0. The summed E-state index contributed by atoms with van der Waals surface area (Å²) in [5.74, 6) is -0.158. The predicted octanol–water partition coefficient (Wildman–Crippen LogP) is 3.79.